The molecule has 346 valence electrons. The van der Waals surface area contributed by atoms with E-state index >= 15 is 0 Å². The van der Waals surface area contributed by atoms with Crippen molar-refractivity contribution in [1.82, 2.24) is 9.13 Å². The number of rotatable bonds is 5. The normalized spacial score (nSPS) is 12.0. The van der Waals surface area contributed by atoms with E-state index in [-0.39, 0.29) is 0 Å². The van der Waals surface area contributed by atoms with Crippen molar-refractivity contribution >= 4 is 134 Å². The summed E-state index contributed by atoms with van der Waals surface area (Å²) in [5.74, 6) is 0. The summed E-state index contributed by atoms with van der Waals surface area (Å²) in [7, 11) is 0. The Bertz CT molecular complexity index is 4990. The molecule has 0 radical (unpaired) electrons. The third-order valence-electron chi connectivity index (χ3n) is 15.4. The SMILES string of the molecule is [C-]#[N+]c1c(-c2ccccc2)c(-n2c3ccccc3c3ccc4c5cc(-c6ccccc6)ccc5oc4c32)c(-c2ccccc2)c(C#N)c1-n1c2c(ccc3c4ccccc4sc32)c2ccc3c4ccccc4sc3c21. The Kier molecular flexibility index (Phi) is 8.85. The smallest absolute Gasteiger partial charge is 0.221 e. The van der Waals surface area contributed by atoms with E-state index in [2.05, 4.69) is 191 Å². The van der Waals surface area contributed by atoms with Crippen molar-refractivity contribution in [2.24, 2.45) is 0 Å². The lowest BCUT2D eigenvalue weighted by Gasteiger charge is -2.25. The molecule has 16 rings (SSSR count). The zero-order chi connectivity index (χ0) is 49.5. The van der Waals surface area contributed by atoms with Gasteiger partial charge in [-0.15, -0.1) is 22.7 Å². The Morgan fingerprint density at radius 3 is 1.52 bits per heavy atom. The predicted octanol–water partition coefficient (Wildman–Crippen LogP) is 19.9. The fourth-order valence-corrected chi connectivity index (χ4v) is 14.7. The van der Waals surface area contributed by atoms with Crippen LogP contribution in [0.5, 0.6) is 0 Å². The summed E-state index contributed by atoms with van der Waals surface area (Å²) < 4.78 is 16.3. The van der Waals surface area contributed by atoms with Gasteiger partial charge in [0.2, 0.25) is 5.69 Å². The van der Waals surface area contributed by atoms with Crippen molar-refractivity contribution in [3.05, 3.63) is 235 Å². The number of hydrogen-bond acceptors (Lipinski definition) is 4. The van der Waals surface area contributed by atoms with Crippen molar-refractivity contribution in [1.29, 1.82) is 5.26 Å². The molecule has 0 unspecified atom stereocenters. The number of furan rings is 1. The summed E-state index contributed by atoms with van der Waals surface area (Å²) in [4.78, 5) is 4.72. The van der Waals surface area contributed by atoms with Crippen LogP contribution in [-0.2, 0) is 0 Å². The average Bonchev–Trinajstić information content (AvgIpc) is 4.47. The van der Waals surface area contributed by atoms with Crippen LogP contribution in [0.1, 0.15) is 5.56 Å². The molecular weight excluding hydrogens is 953 g/mol. The highest BCUT2D eigenvalue weighted by Gasteiger charge is 2.33. The summed E-state index contributed by atoms with van der Waals surface area (Å²) >= 11 is 3.54. The van der Waals surface area contributed by atoms with Gasteiger partial charge in [0.25, 0.3) is 0 Å². The third kappa shape index (κ3) is 5.79. The largest absolute Gasteiger partial charge is 0.454 e. The maximum absolute atomic E-state index is 12.4. The van der Waals surface area contributed by atoms with Gasteiger partial charge < -0.3 is 13.6 Å². The molecule has 0 spiro atoms. The lowest BCUT2D eigenvalue weighted by Crippen LogP contribution is -2.08. The first kappa shape index (κ1) is 41.8. The van der Waals surface area contributed by atoms with E-state index in [1.165, 1.54) is 20.2 Å². The van der Waals surface area contributed by atoms with Crippen LogP contribution < -0.4 is 0 Å². The molecule has 0 aliphatic rings. The third-order valence-corrected chi connectivity index (χ3v) is 17.8. The maximum atomic E-state index is 12.4. The van der Waals surface area contributed by atoms with Crippen LogP contribution in [0.2, 0.25) is 0 Å². The van der Waals surface area contributed by atoms with Crippen molar-refractivity contribution in [3.63, 3.8) is 0 Å². The van der Waals surface area contributed by atoms with Gasteiger partial charge in [0.05, 0.1) is 55.0 Å². The predicted molar refractivity (Wildman–Crippen MR) is 315 cm³/mol. The Labute approximate surface area is 436 Å². The van der Waals surface area contributed by atoms with Gasteiger partial charge in [0.1, 0.15) is 11.7 Å². The molecule has 5 heterocycles. The highest BCUT2D eigenvalue weighted by Crippen LogP contribution is 2.55. The van der Waals surface area contributed by atoms with E-state index in [1.54, 1.807) is 22.7 Å². The van der Waals surface area contributed by atoms with Gasteiger partial charge in [-0.1, -0.05) is 182 Å². The molecule has 75 heavy (non-hydrogen) atoms. The second-order valence-electron chi connectivity index (χ2n) is 19.2. The van der Waals surface area contributed by atoms with Gasteiger partial charge in [-0.25, -0.2) is 4.85 Å². The van der Waals surface area contributed by atoms with E-state index < -0.39 is 0 Å². The molecule has 0 aliphatic carbocycles. The van der Waals surface area contributed by atoms with Gasteiger partial charge >= 0.3 is 0 Å². The maximum Gasteiger partial charge on any atom is 0.221 e. The lowest BCUT2D eigenvalue weighted by atomic mass is 9.88. The number of hydrogen-bond donors (Lipinski definition) is 0. The first-order chi connectivity index (χ1) is 37.2. The zero-order valence-electron chi connectivity index (χ0n) is 39.8. The van der Waals surface area contributed by atoms with Gasteiger partial charge in [-0.05, 0) is 58.7 Å². The number of fused-ring (bicyclic) bond motifs is 18. The van der Waals surface area contributed by atoms with Gasteiger partial charge in [0.15, 0.2) is 5.58 Å². The summed E-state index contributed by atoms with van der Waals surface area (Å²) in [5.41, 5.74) is 12.8. The lowest BCUT2D eigenvalue weighted by molar-refractivity contribution is 0.671. The molecule has 16 aromatic rings. The van der Waals surface area contributed by atoms with Gasteiger partial charge in [0, 0.05) is 74.4 Å². The van der Waals surface area contributed by atoms with E-state index in [1.807, 2.05) is 42.5 Å². The fourth-order valence-electron chi connectivity index (χ4n) is 12.2. The highest BCUT2D eigenvalue weighted by atomic mass is 32.1. The van der Waals surface area contributed by atoms with Crippen LogP contribution in [0.4, 0.5) is 5.69 Å². The standard InChI is InChI=1S/C68H36N4OS2/c1-70-60-59(41-21-9-4-10-22-41)65(71-54-26-14-11-23-43(54)46-30-33-49-52-37-42(39-17-5-2-6-18-39)29-36-55(52)73-66(49)62(46)71)58(40-19-7-3-8-20-40)53(38-69)61(60)72-63-47(31-34-50-44-24-12-15-27-56(44)74-67(50)63)48-32-35-51-45-25-13-16-28-57(45)75-68(51)64(48)72/h2-37H. The van der Waals surface area contributed by atoms with Crippen molar-refractivity contribution in [2.75, 3.05) is 0 Å². The summed E-state index contributed by atoms with van der Waals surface area (Å²) in [6.45, 7) is 9.66. The van der Waals surface area contributed by atoms with Crippen LogP contribution in [0.15, 0.2) is 223 Å². The van der Waals surface area contributed by atoms with E-state index in [0.717, 1.165) is 125 Å². The number of benzene rings is 11. The summed E-state index contributed by atoms with van der Waals surface area (Å²) in [6.07, 6.45) is 0. The minimum Gasteiger partial charge on any atom is -0.454 e. The zero-order valence-corrected chi connectivity index (χ0v) is 41.4. The second kappa shape index (κ2) is 15.9. The molecule has 0 aliphatic heterocycles. The van der Waals surface area contributed by atoms with E-state index in [0.29, 0.717) is 16.9 Å². The number of nitrogens with zero attached hydrogens (tertiary/aromatic N) is 4. The molecule has 0 N–H and O–H groups in total. The first-order valence-corrected chi connectivity index (χ1v) is 26.6. The number of thiophene rings is 2. The average molecular weight is 989 g/mol. The van der Waals surface area contributed by atoms with E-state index in [9.17, 15) is 11.8 Å². The Morgan fingerprint density at radius 2 is 0.920 bits per heavy atom. The molecule has 5 aromatic heterocycles. The van der Waals surface area contributed by atoms with E-state index in [4.69, 9.17) is 9.26 Å². The number of nitriles is 1. The monoisotopic (exact) mass is 988 g/mol. The first-order valence-electron chi connectivity index (χ1n) is 24.9. The molecule has 0 fully saturated rings. The quantitative estimate of drug-likeness (QED) is 0.161. The summed E-state index contributed by atoms with van der Waals surface area (Å²) in [6, 6.07) is 79.5. The molecule has 0 atom stereocenters. The van der Waals surface area contributed by atoms with Gasteiger partial charge in [-0.2, -0.15) is 5.26 Å². The molecule has 0 amide bonds. The van der Waals surface area contributed by atoms with Crippen molar-refractivity contribution in [3.8, 4) is 50.8 Å². The minimum absolute atomic E-state index is 0.387. The molecule has 0 bridgehead atoms. The van der Waals surface area contributed by atoms with Crippen LogP contribution >= 0.6 is 22.7 Å². The molecule has 0 saturated heterocycles. The molecule has 7 heteroatoms. The van der Waals surface area contributed by atoms with Crippen LogP contribution in [0, 0.1) is 17.9 Å². The Balaban J connectivity index is 1.15. The number of aromatic nitrogens is 2. The topological polar surface area (TPSA) is 51.1 Å². The highest BCUT2D eigenvalue weighted by molar-refractivity contribution is 7.27. The van der Waals surface area contributed by atoms with Gasteiger partial charge in [-0.3, -0.25) is 0 Å². The molecule has 11 aromatic carbocycles. The second-order valence-corrected chi connectivity index (χ2v) is 21.3. The fraction of sp³-hybridized carbons (Fsp3) is 0. The molecule has 5 nitrogen and oxygen atoms in total. The van der Waals surface area contributed by atoms with Crippen LogP contribution in [0.3, 0.4) is 0 Å². The number of para-hydroxylation sites is 1. The summed E-state index contributed by atoms with van der Waals surface area (Å²) in [5, 5.41) is 23.2. The van der Waals surface area contributed by atoms with Crippen molar-refractivity contribution < 1.29 is 4.42 Å². The Morgan fingerprint density at radius 1 is 0.413 bits per heavy atom. The van der Waals surface area contributed by atoms with Crippen LogP contribution in [0.25, 0.3) is 155 Å². The molecule has 0 saturated carbocycles. The van der Waals surface area contributed by atoms with Crippen LogP contribution in [-0.4, -0.2) is 9.13 Å². The minimum atomic E-state index is 0.387. The Hall–Kier alpha value is -9.76. The molecular formula is C68H36N4OS2. The van der Waals surface area contributed by atoms with Crippen molar-refractivity contribution in [2.45, 2.75) is 0 Å².